The van der Waals surface area contributed by atoms with Crippen LogP contribution in [0.1, 0.15) is 11.1 Å². The van der Waals surface area contributed by atoms with Gasteiger partial charge in [0.15, 0.2) is 0 Å². The van der Waals surface area contributed by atoms with E-state index in [4.69, 9.17) is 21.7 Å². The SMILES string of the molecule is [C-]#[N+]c1ccc(Oc2ccc(CO)cc2C#N)cc1F. The predicted octanol–water partition coefficient (Wildman–Crippen LogP) is 3.53. The Bertz CT molecular complexity index is 730. The van der Waals surface area contributed by atoms with Gasteiger partial charge in [0, 0.05) is 6.07 Å². The standard InChI is InChI=1S/C15H9FN2O2/c1-18-14-4-3-12(7-13(14)16)20-15-5-2-10(9-19)6-11(15)8-17/h2-7,19H,9H2. The highest BCUT2D eigenvalue weighted by atomic mass is 19.1. The lowest BCUT2D eigenvalue weighted by Gasteiger charge is -2.09. The van der Waals surface area contributed by atoms with Gasteiger partial charge in [-0.3, -0.25) is 0 Å². The van der Waals surface area contributed by atoms with Crippen LogP contribution < -0.4 is 4.74 Å². The van der Waals surface area contributed by atoms with Crippen molar-refractivity contribution in [2.75, 3.05) is 0 Å². The van der Waals surface area contributed by atoms with E-state index in [1.54, 1.807) is 6.07 Å². The second-order valence-corrected chi connectivity index (χ2v) is 3.93. The first-order valence-electron chi connectivity index (χ1n) is 5.66. The number of hydrogen-bond acceptors (Lipinski definition) is 3. The van der Waals surface area contributed by atoms with E-state index in [9.17, 15) is 4.39 Å². The van der Waals surface area contributed by atoms with Crippen LogP contribution >= 0.6 is 0 Å². The molecule has 0 aliphatic rings. The zero-order chi connectivity index (χ0) is 14.5. The molecular formula is C15H9FN2O2. The molecule has 0 saturated carbocycles. The lowest BCUT2D eigenvalue weighted by atomic mass is 10.1. The maximum Gasteiger partial charge on any atom is 0.222 e. The fourth-order valence-electron chi connectivity index (χ4n) is 1.62. The summed E-state index contributed by atoms with van der Waals surface area (Å²) in [5.74, 6) is -0.217. The summed E-state index contributed by atoms with van der Waals surface area (Å²) in [5.41, 5.74) is 0.739. The van der Waals surface area contributed by atoms with Crippen LogP contribution in [0.15, 0.2) is 36.4 Å². The molecule has 20 heavy (non-hydrogen) atoms. The highest BCUT2D eigenvalue weighted by Gasteiger charge is 2.08. The van der Waals surface area contributed by atoms with Crippen molar-refractivity contribution in [3.8, 4) is 17.6 Å². The topological polar surface area (TPSA) is 57.6 Å². The minimum absolute atomic E-state index is 0.0894. The molecule has 0 aliphatic heterocycles. The van der Waals surface area contributed by atoms with Crippen molar-refractivity contribution >= 4 is 5.69 Å². The Morgan fingerprint density at radius 3 is 2.70 bits per heavy atom. The number of aliphatic hydroxyl groups is 1. The van der Waals surface area contributed by atoms with Crippen LogP contribution in [0.2, 0.25) is 0 Å². The normalized spacial score (nSPS) is 9.60. The molecule has 0 radical (unpaired) electrons. The van der Waals surface area contributed by atoms with E-state index in [0.29, 0.717) is 5.56 Å². The summed E-state index contributed by atoms with van der Waals surface area (Å²) < 4.78 is 18.9. The van der Waals surface area contributed by atoms with Crippen molar-refractivity contribution in [3.63, 3.8) is 0 Å². The Morgan fingerprint density at radius 1 is 1.30 bits per heavy atom. The number of nitrogens with zero attached hydrogens (tertiary/aromatic N) is 2. The Labute approximate surface area is 115 Å². The van der Waals surface area contributed by atoms with Crippen LogP contribution in [0.3, 0.4) is 0 Å². The van der Waals surface area contributed by atoms with Gasteiger partial charge in [-0.15, -0.1) is 0 Å². The Morgan fingerprint density at radius 2 is 2.10 bits per heavy atom. The quantitative estimate of drug-likeness (QED) is 0.866. The van der Waals surface area contributed by atoms with Gasteiger partial charge in [0.1, 0.15) is 23.4 Å². The first-order chi connectivity index (χ1) is 9.67. The molecule has 0 saturated heterocycles. The van der Waals surface area contributed by atoms with E-state index in [0.717, 1.165) is 6.07 Å². The summed E-state index contributed by atoms with van der Waals surface area (Å²) in [6.07, 6.45) is 0. The van der Waals surface area contributed by atoms with Crippen LogP contribution in [-0.4, -0.2) is 5.11 Å². The number of nitriles is 1. The van der Waals surface area contributed by atoms with Crippen molar-refractivity contribution in [1.29, 1.82) is 5.26 Å². The third kappa shape index (κ3) is 2.74. The number of aliphatic hydroxyl groups excluding tert-OH is 1. The first kappa shape index (κ1) is 13.5. The van der Waals surface area contributed by atoms with Crippen molar-refractivity contribution in [3.05, 3.63) is 64.8 Å². The molecule has 0 aliphatic carbocycles. The smallest absolute Gasteiger partial charge is 0.222 e. The number of benzene rings is 2. The molecule has 0 aromatic heterocycles. The van der Waals surface area contributed by atoms with Gasteiger partial charge >= 0.3 is 0 Å². The van der Waals surface area contributed by atoms with Crippen molar-refractivity contribution in [1.82, 2.24) is 0 Å². The molecule has 2 rings (SSSR count). The fraction of sp³-hybridized carbons (Fsp3) is 0.0667. The molecule has 1 N–H and O–H groups in total. The largest absolute Gasteiger partial charge is 0.456 e. The summed E-state index contributed by atoms with van der Waals surface area (Å²) in [6.45, 7) is 6.59. The lowest BCUT2D eigenvalue weighted by molar-refractivity contribution is 0.281. The second kappa shape index (κ2) is 5.83. The minimum Gasteiger partial charge on any atom is -0.456 e. The van der Waals surface area contributed by atoms with E-state index >= 15 is 0 Å². The van der Waals surface area contributed by atoms with Gasteiger partial charge in [0.05, 0.1) is 18.7 Å². The maximum atomic E-state index is 13.5. The lowest BCUT2D eigenvalue weighted by Crippen LogP contribution is -1.91. The first-order valence-corrected chi connectivity index (χ1v) is 5.66. The highest BCUT2D eigenvalue weighted by Crippen LogP contribution is 2.29. The summed E-state index contributed by atoms with van der Waals surface area (Å²) >= 11 is 0. The van der Waals surface area contributed by atoms with Gasteiger partial charge in [-0.25, -0.2) is 9.24 Å². The van der Waals surface area contributed by atoms with Crippen molar-refractivity contribution in [2.24, 2.45) is 0 Å². The molecule has 0 heterocycles. The van der Waals surface area contributed by atoms with Gasteiger partial charge < -0.3 is 9.84 Å². The van der Waals surface area contributed by atoms with Crippen LogP contribution in [0.5, 0.6) is 11.5 Å². The van der Waals surface area contributed by atoms with Crippen LogP contribution in [0.25, 0.3) is 4.85 Å². The highest BCUT2D eigenvalue weighted by molar-refractivity contribution is 5.51. The molecule has 4 nitrogen and oxygen atoms in total. The minimum atomic E-state index is -0.678. The van der Waals surface area contributed by atoms with E-state index < -0.39 is 5.82 Å². The molecule has 0 amide bonds. The molecule has 2 aromatic carbocycles. The molecule has 0 spiro atoms. The van der Waals surface area contributed by atoms with Gasteiger partial charge in [-0.1, -0.05) is 6.07 Å². The van der Waals surface area contributed by atoms with E-state index in [1.165, 1.54) is 24.3 Å². The summed E-state index contributed by atoms with van der Waals surface area (Å²) in [4.78, 5) is 3.01. The van der Waals surface area contributed by atoms with Crippen molar-refractivity contribution < 1.29 is 14.2 Å². The van der Waals surface area contributed by atoms with Crippen LogP contribution in [0.4, 0.5) is 10.1 Å². The molecule has 2 aromatic rings. The number of halogens is 1. The predicted molar refractivity (Wildman–Crippen MR) is 69.8 cm³/mol. The van der Waals surface area contributed by atoms with Gasteiger partial charge in [0.2, 0.25) is 5.69 Å². The molecule has 5 heteroatoms. The van der Waals surface area contributed by atoms with E-state index in [-0.39, 0.29) is 29.4 Å². The average Bonchev–Trinajstić information content (AvgIpc) is 2.48. The maximum absolute atomic E-state index is 13.5. The van der Waals surface area contributed by atoms with Crippen molar-refractivity contribution in [2.45, 2.75) is 6.61 Å². The number of ether oxygens (including phenoxy) is 1. The zero-order valence-corrected chi connectivity index (χ0v) is 10.3. The van der Waals surface area contributed by atoms with Crippen LogP contribution in [0, 0.1) is 23.7 Å². The van der Waals surface area contributed by atoms with Crippen LogP contribution in [-0.2, 0) is 6.61 Å². The Hall–Kier alpha value is -2.89. The summed E-state index contributed by atoms with van der Waals surface area (Å²) in [6, 6.07) is 10.5. The molecule has 0 bridgehead atoms. The molecule has 0 fully saturated rings. The van der Waals surface area contributed by atoms with Gasteiger partial charge in [-0.2, -0.15) is 5.26 Å². The third-order valence-corrected chi connectivity index (χ3v) is 2.61. The number of rotatable bonds is 3. The third-order valence-electron chi connectivity index (χ3n) is 2.61. The summed E-state index contributed by atoms with van der Waals surface area (Å²) in [7, 11) is 0. The number of hydrogen-bond donors (Lipinski definition) is 1. The molecule has 98 valence electrons. The zero-order valence-electron chi connectivity index (χ0n) is 10.3. The fourth-order valence-corrected chi connectivity index (χ4v) is 1.62. The molecule has 0 atom stereocenters. The monoisotopic (exact) mass is 268 g/mol. The average molecular weight is 268 g/mol. The van der Waals surface area contributed by atoms with Gasteiger partial charge in [-0.05, 0) is 29.8 Å². The molecular weight excluding hydrogens is 259 g/mol. The Balaban J connectivity index is 2.33. The summed E-state index contributed by atoms with van der Waals surface area (Å²) in [5, 5.41) is 18.0. The van der Waals surface area contributed by atoms with E-state index in [1.807, 2.05) is 6.07 Å². The molecule has 0 unspecified atom stereocenters. The van der Waals surface area contributed by atoms with Gasteiger partial charge in [0.25, 0.3) is 0 Å². The second-order valence-electron chi connectivity index (χ2n) is 3.93. The Kier molecular flexibility index (Phi) is 3.95. The van der Waals surface area contributed by atoms with E-state index in [2.05, 4.69) is 4.85 Å².